The summed E-state index contributed by atoms with van der Waals surface area (Å²) in [5, 5.41) is 3.60. The zero-order valence-electron chi connectivity index (χ0n) is 11.0. The van der Waals surface area contributed by atoms with Crippen LogP contribution in [0.5, 0.6) is 0 Å². The lowest BCUT2D eigenvalue weighted by molar-refractivity contribution is 0.140. The summed E-state index contributed by atoms with van der Waals surface area (Å²) in [4.78, 5) is 2.07. The molecule has 0 saturated heterocycles. The Bertz CT molecular complexity index is 391. The second-order valence-corrected chi connectivity index (χ2v) is 5.37. The maximum absolute atomic E-state index is 13.9. The molecule has 0 aliphatic carbocycles. The predicted molar refractivity (Wildman–Crippen MR) is 71.0 cm³/mol. The van der Waals surface area contributed by atoms with E-state index >= 15 is 0 Å². The average Bonchev–Trinajstić information content (AvgIpc) is 2.21. The molecule has 0 amide bonds. The molecule has 1 N–H and O–H groups in total. The van der Waals surface area contributed by atoms with Gasteiger partial charge in [0.15, 0.2) is 0 Å². The van der Waals surface area contributed by atoms with Crippen molar-refractivity contribution in [2.75, 3.05) is 21.1 Å². The zero-order valence-corrected chi connectivity index (χ0v) is 11.8. The number of halogens is 2. The third-order valence-corrected chi connectivity index (χ3v) is 3.66. The number of nitrogens with one attached hydrogen (secondary N) is 1. The van der Waals surface area contributed by atoms with Gasteiger partial charge in [0.2, 0.25) is 0 Å². The average molecular weight is 259 g/mol. The fourth-order valence-corrected chi connectivity index (χ4v) is 2.04. The van der Waals surface area contributed by atoms with Gasteiger partial charge in [-0.15, -0.1) is 0 Å². The van der Waals surface area contributed by atoms with E-state index in [2.05, 4.69) is 24.1 Å². The summed E-state index contributed by atoms with van der Waals surface area (Å²) in [6, 6.07) is 4.71. The van der Waals surface area contributed by atoms with E-state index in [1.54, 1.807) is 12.1 Å². The van der Waals surface area contributed by atoms with E-state index in [1.165, 1.54) is 6.07 Å². The maximum Gasteiger partial charge on any atom is 0.129 e. The first-order valence-electron chi connectivity index (χ1n) is 5.60. The van der Waals surface area contributed by atoms with E-state index < -0.39 is 0 Å². The number of benzene rings is 1. The number of likely N-dealkylation sites (N-methyl/N-ethyl adjacent to an activating group) is 2. The van der Waals surface area contributed by atoms with Gasteiger partial charge in [-0.25, -0.2) is 4.39 Å². The molecule has 2 nitrogen and oxygen atoms in total. The van der Waals surface area contributed by atoms with Gasteiger partial charge in [0, 0.05) is 16.1 Å². The van der Waals surface area contributed by atoms with Crippen LogP contribution in [0.1, 0.15) is 25.5 Å². The van der Waals surface area contributed by atoms with Crippen LogP contribution >= 0.6 is 11.6 Å². The van der Waals surface area contributed by atoms with E-state index in [9.17, 15) is 4.39 Å². The number of hydrogen-bond donors (Lipinski definition) is 1. The van der Waals surface area contributed by atoms with Crippen LogP contribution in [-0.2, 0) is 0 Å². The van der Waals surface area contributed by atoms with Crippen LogP contribution in [0.15, 0.2) is 18.2 Å². The highest BCUT2D eigenvalue weighted by Crippen LogP contribution is 2.31. The van der Waals surface area contributed by atoms with Crippen LogP contribution in [0.4, 0.5) is 4.39 Å². The molecule has 1 aromatic rings. The van der Waals surface area contributed by atoms with Crippen molar-refractivity contribution in [1.29, 1.82) is 0 Å². The molecule has 0 spiro atoms. The Morgan fingerprint density at radius 3 is 2.35 bits per heavy atom. The first-order chi connectivity index (χ1) is 7.80. The molecule has 0 aromatic heterocycles. The van der Waals surface area contributed by atoms with Crippen molar-refractivity contribution in [3.63, 3.8) is 0 Å². The Balaban J connectivity index is 3.18. The summed E-state index contributed by atoms with van der Waals surface area (Å²) in [5.74, 6) is -0.272. The molecule has 0 fully saturated rings. The molecular formula is C13H20ClFN2. The SMILES string of the molecule is CNC(c1ccc(Cl)cc1F)C(C)(C)N(C)C. The summed E-state index contributed by atoms with van der Waals surface area (Å²) in [5.41, 5.74) is 0.430. The lowest BCUT2D eigenvalue weighted by atomic mass is 9.87. The van der Waals surface area contributed by atoms with Gasteiger partial charge in [0.1, 0.15) is 5.82 Å². The van der Waals surface area contributed by atoms with Crippen molar-refractivity contribution >= 4 is 11.6 Å². The summed E-state index contributed by atoms with van der Waals surface area (Å²) < 4.78 is 13.9. The van der Waals surface area contributed by atoms with Gasteiger partial charge in [-0.3, -0.25) is 0 Å². The van der Waals surface area contributed by atoms with E-state index in [0.29, 0.717) is 10.6 Å². The molecule has 1 rings (SSSR count). The quantitative estimate of drug-likeness (QED) is 0.893. The lowest BCUT2D eigenvalue weighted by Gasteiger charge is -2.40. The third kappa shape index (κ3) is 2.97. The lowest BCUT2D eigenvalue weighted by Crippen LogP contribution is -2.48. The minimum atomic E-state index is -0.272. The Kier molecular flexibility index (Phi) is 4.53. The Morgan fingerprint density at radius 1 is 1.35 bits per heavy atom. The molecular weight excluding hydrogens is 239 g/mol. The van der Waals surface area contributed by atoms with Gasteiger partial charge in [-0.05, 0) is 47.1 Å². The van der Waals surface area contributed by atoms with Crippen LogP contribution in [-0.4, -0.2) is 31.6 Å². The normalized spacial score (nSPS) is 14.1. The van der Waals surface area contributed by atoms with Crippen LogP contribution < -0.4 is 5.32 Å². The van der Waals surface area contributed by atoms with Crippen molar-refractivity contribution in [3.8, 4) is 0 Å². The molecule has 0 aliphatic rings. The van der Waals surface area contributed by atoms with E-state index in [-0.39, 0.29) is 17.4 Å². The van der Waals surface area contributed by atoms with E-state index in [1.807, 2.05) is 21.1 Å². The Labute approximate surface area is 108 Å². The minimum Gasteiger partial charge on any atom is -0.311 e. The molecule has 17 heavy (non-hydrogen) atoms. The topological polar surface area (TPSA) is 15.3 Å². The summed E-state index contributed by atoms with van der Waals surface area (Å²) in [6.45, 7) is 4.14. The number of hydrogen-bond acceptors (Lipinski definition) is 2. The van der Waals surface area contributed by atoms with Crippen LogP contribution in [0.2, 0.25) is 5.02 Å². The maximum atomic E-state index is 13.9. The molecule has 1 aromatic carbocycles. The number of rotatable bonds is 4. The standard InChI is InChI=1S/C13H20ClFN2/c1-13(2,17(4)5)12(16-3)10-7-6-9(14)8-11(10)15/h6-8,12,16H,1-5H3. The van der Waals surface area contributed by atoms with Crippen molar-refractivity contribution in [2.24, 2.45) is 0 Å². The second kappa shape index (κ2) is 5.34. The molecule has 1 unspecified atom stereocenters. The van der Waals surface area contributed by atoms with Crippen molar-refractivity contribution in [3.05, 3.63) is 34.6 Å². The molecule has 4 heteroatoms. The minimum absolute atomic E-state index is 0.102. The van der Waals surface area contributed by atoms with Gasteiger partial charge in [-0.1, -0.05) is 17.7 Å². The highest BCUT2D eigenvalue weighted by atomic mass is 35.5. The Hall–Kier alpha value is -0.640. The summed E-state index contributed by atoms with van der Waals surface area (Å²) in [6.07, 6.45) is 0. The molecule has 0 heterocycles. The van der Waals surface area contributed by atoms with Crippen LogP contribution in [0, 0.1) is 5.82 Å². The number of nitrogens with zero attached hydrogens (tertiary/aromatic N) is 1. The second-order valence-electron chi connectivity index (χ2n) is 4.94. The van der Waals surface area contributed by atoms with Crippen molar-refractivity contribution in [2.45, 2.75) is 25.4 Å². The van der Waals surface area contributed by atoms with Crippen molar-refractivity contribution < 1.29 is 4.39 Å². The summed E-state index contributed by atoms with van der Waals surface area (Å²) in [7, 11) is 5.81. The van der Waals surface area contributed by atoms with E-state index in [0.717, 1.165) is 0 Å². The van der Waals surface area contributed by atoms with E-state index in [4.69, 9.17) is 11.6 Å². The molecule has 0 saturated carbocycles. The molecule has 96 valence electrons. The fraction of sp³-hybridized carbons (Fsp3) is 0.538. The molecule has 1 atom stereocenters. The van der Waals surface area contributed by atoms with Gasteiger partial charge in [0.05, 0.1) is 6.04 Å². The third-order valence-electron chi connectivity index (χ3n) is 3.42. The fourth-order valence-electron chi connectivity index (χ4n) is 1.88. The largest absolute Gasteiger partial charge is 0.311 e. The Morgan fingerprint density at radius 2 is 1.94 bits per heavy atom. The predicted octanol–water partition coefficient (Wildman–Crippen LogP) is 3.08. The highest BCUT2D eigenvalue weighted by Gasteiger charge is 2.33. The smallest absolute Gasteiger partial charge is 0.129 e. The molecule has 0 aliphatic heterocycles. The first-order valence-corrected chi connectivity index (χ1v) is 5.98. The van der Waals surface area contributed by atoms with Crippen LogP contribution in [0.25, 0.3) is 0 Å². The van der Waals surface area contributed by atoms with Crippen LogP contribution in [0.3, 0.4) is 0 Å². The summed E-state index contributed by atoms with van der Waals surface area (Å²) >= 11 is 5.77. The molecule has 0 bridgehead atoms. The first kappa shape index (κ1) is 14.4. The molecule has 0 radical (unpaired) electrons. The van der Waals surface area contributed by atoms with Crippen molar-refractivity contribution in [1.82, 2.24) is 10.2 Å². The monoisotopic (exact) mass is 258 g/mol. The van der Waals surface area contributed by atoms with Gasteiger partial charge in [-0.2, -0.15) is 0 Å². The highest BCUT2D eigenvalue weighted by molar-refractivity contribution is 6.30. The van der Waals surface area contributed by atoms with Gasteiger partial charge >= 0.3 is 0 Å². The van der Waals surface area contributed by atoms with Gasteiger partial charge in [0.25, 0.3) is 0 Å². The van der Waals surface area contributed by atoms with Gasteiger partial charge < -0.3 is 10.2 Å². The zero-order chi connectivity index (χ0) is 13.2.